The van der Waals surface area contributed by atoms with Gasteiger partial charge in [-0.15, -0.1) is 0 Å². The monoisotopic (exact) mass is 192 g/mol. The van der Waals surface area contributed by atoms with E-state index in [-0.39, 0.29) is 23.7 Å². The van der Waals surface area contributed by atoms with E-state index in [1.165, 1.54) is 19.2 Å². The highest BCUT2D eigenvalue weighted by Gasteiger charge is 2.07. The quantitative estimate of drug-likeness (QED) is 0.724. The van der Waals surface area contributed by atoms with E-state index in [0.717, 1.165) is 0 Å². The van der Waals surface area contributed by atoms with Crippen LogP contribution in [0.2, 0.25) is 0 Å². The maximum Gasteiger partial charge on any atom is 0.173 e. The van der Waals surface area contributed by atoms with Gasteiger partial charge < -0.3 is 4.40 Å². The van der Waals surface area contributed by atoms with Crippen LogP contribution in [0.3, 0.4) is 0 Å². The van der Waals surface area contributed by atoms with Crippen molar-refractivity contribution in [1.82, 2.24) is 9.38 Å². The van der Waals surface area contributed by atoms with Crippen molar-refractivity contribution in [3.63, 3.8) is 0 Å². The molecule has 0 radical (unpaired) electrons. The predicted octanol–water partition coefficient (Wildman–Crippen LogP) is 1.60. The Morgan fingerprint density at radius 2 is 2.43 bits per heavy atom. The highest BCUT2D eigenvalue weighted by Crippen LogP contribution is 2.10. The number of imidazole rings is 1. The summed E-state index contributed by atoms with van der Waals surface area (Å²) in [5.41, 5.74) is 0.982. The fourth-order valence-electron chi connectivity index (χ4n) is 1.41. The topological polar surface area (TPSA) is 34.4 Å². The SMILES string of the molecule is CC(=O)Cc1cnc2c(F)cccn12. The molecule has 14 heavy (non-hydrogen) atoms. The van der Waals surface area contributed by atoms with Gasteiger partial charge in [-0.2, -0.15) is 0 Å². The van der Waals surface area contributed by atoms with Gasteiger partial charge in [0.1, 0.15) is 5.78 Å². The van der Waals surface area contributed by atoms with Gasteiger partial charge in [0.2, 0.25) is 0 Å². The first-order chi connectivity index (χ1) is 6.68. The van der Waals surface area contributed by atoms with Crippen molar-refractivity contribution in [1.29, 1.82) is 0 Å². The fourth-order valence-corrected chi connectivity index (χ4v) is 1.41. The second-order valence-corrected chi connectivity index (χ2v) is 3.18. The largest absolute Gasteiger partial charge is 0.301 e. The van der Waals surface area contributed by atoms with Crippen molar-refractivity contribution < 1.29 is 9.18 Å². The highest BCUT2D eigenvalue weighted by molar-refractivity contribution is 5.78. The number of carbonyl (C=O) groups is 1. The molecule has 0 atom stereocenters. The van der Waals surface area contributed by atoms with Crippen LogP contribution in [0.4, 0.5) is 4.39 Å². The van der Waals surface area contributed by atoms with E-state index >= 15 is 0 Å². The second-order valence-electron chi connectivity index (χ2n) is 3.18. The third-order valence-electron chi connectivity index (χ3n) is 1.99. The Morgan fingerprint density at radius 3 is 3.14 bits per heavy atom. The summed E-state index contributed by atoms with van der Waals surface area (Å²) in [6.07, 6.45) is 3.51. The molecule has 2 aromatic heterocycles. The molecule has 0 unspecified atom stereocenters. The molecule has 0 aliphatic carbocycles. The Kier molecular flexibility index (Phi) is 2.04. The lowest BCUT2D eigenvalue weighted by Gasteiger charge is -1.98. The van der Waals surface area contributed by atoms with E-state index in [0.29, 0.717) is 5.69 Å². The zero-order chi connectivity index (χ0) is 10.1. The van der Waals surface area contributed by atoms with Crippen LogP contribution < -0.4 is 0 Å². The Morgan fingerprint density at radius 1 is 1.64 bits per heavy atom. The van der Waals surface area contributed by atoms with Crippen LogP contribution in [0.5, 0.6) is 0 Å². The van der Waals surface area contributed by atoms with Crippen molar-refractivity contribution in [2.75, 3.05) is 0 Å². The number of aromatic nitrogens is 2. The summed E-state index contributed by atoms with van der Waals surface area (Å²) in [5, 5.41) is 0. The van der Waals surface area contributed by atoms with Crippen LogP contribution in [0.1, 0.15) is 12.6 Å². The number of nitrogens with zero attached hydrogens (tertiary/aromatic N) is 2. The second kappa shape index (κ2) is 3.21. The number of halogens is 1. The molecule has 0 spiro atoms. The van der Waals surface area contributed by atoms with Crippen molar-refractivity contribution >= 4 is 11.4 Å². The molecular weight excluding hydrogens is 183 g/mol. The number of fused-ring (bicyclic) bond motifs is 1. The Hall–Kier alpha value is -1.71. The lowest BCUT2D eigenvalue weighted by atomic mass is 10.2. The minimum absolute atomic E-state index is 0.0380. The number of ketones is 1. The molecule has 0 saturated carbocycles. The molecule has 0 aliphatic heterocycles. The smallest absolute Gasteiger partial charge is 0.173 e. The van der Waals surface area contributed by atoms with Crippen LogP contribution in [-0.2, 0) is 11.2 Å². The molecule has 0 bridgehead atoms. The van der Waals surface area contributed by atoms with E-state index in [1.807, 2.05) is 0 Å². The summed E-state index contributed by atoms with van der Waals surface area (Å²) in [6.45, 7) is 1.50. The standard InChI is InChI=1S/C10H9FN2O/c1-7(14)5-8-6-12-10-9(11)3-2-4-13(8)10/h2-4,6H,5H2,1H3. The molecule has 0 aliphatic rings. The molecule has 2 aromatic rings. The number of hydrogen-bond donors (Lipinski definition) is 0. The van der Waals surface area contributed by atoms with Crippen LogP contribution in [0.25, 0.3) is 5.65 Å². The van der Waals surface area contributed by atoms with Crippen molar-refractivity contribution in [2.45, 2.75) is 13.3 Å². The van der Waals surface area contributed by atoms with Gasteiger partial charge in [-0.1, -0.05) is 0 Å². The Labute approximate surface area is 80.2 Å². The molecule has 0 aromatic carbocycles. The normalized spacial score (nSPS) is 10.7. The summed E-state index contributed by atoms with van der Waals surface area (Å²) in [4.78, 5) is 14.8. The van der Waals surface area contributed by atoms with Gasteiger partial charge in [0.25, 0.3) is 0 Å². The van der Waals surface area contributed by atoms with E-state index < -0.39 is 0 Å². The molecule has 0 saturated heterocycles. The van der Waals surface area contributed by atoms with Gasteiger partial charge in [-0.25, -0.2) is 9.37 Å². The molecule has 3 nitrogen and oxygen atoms in total. The lowest BCUT2D eigenvalue weighted by Crippen LogP contribution is -2.00. The first-order valence-electron chi connectivity index (χ1n) is 4.28. The van der Waals surface area contributed by atoms with Gasteiger partial charge in [0.05, 0.1) is 0 Å². The maximum absolute atomic E-state index is 13.2. The highest BCUT2D eigenvalue weighted by atomic mass is 19.1. The molecule has 72 valence electrons. The summed E-state index contributed by atoms with van der Waals surface area (Å²) in [6, 6.07) is 2.94. The predicted molar refractivity (Wildman–Crippen MR) is 49.5 cm³/mol. The average Bonchev–Trinajstić information content (AvgIpc) is 2.49. The molecular formula is C10H9FN2O. The van der Waals surface area contributed by atoms with E-state index in [2.05, 4.69) is 4.98 Å². The van der Waals surface area contributed by atoms with Gasteiger partial charge in [0.15, 0.2) is 11.5 Å². The van der Waals surface area contributed by atoms with Crippen molar-refractivity contribution in [3.8, 4) is 0 Å². The molecule has 0 fully saturated rings. The van der Waals surface area contributed by atoms with Crippen molar-refractivity contribution in [2.24, 2.45) is 0 Å². The van der Waals surface area contributed by atoms with Gasteiger partial charge in [-0.05, 0) is 19.1 Å². The fraction of sp³-hybridized carbons (Fsp3) is 0.200. The number of rotatable bonds is 2. The molecule has 4 heteroatoms. The maximum atomic E-state index is 13.2. The number of hydrogen-bond acceptors (Lipinski definition) is 2. The third kappa shape index (κ3) is 1.39. The first kappa shape index (κ1) is 8.87. The first-order valence-corrected chi connectivity index (χ1v) is 4.28. The minimum Gasteiger partial charge on any atom is -0.301 e. The van der Waals surface area contributed by atoms with Crippen LogP contribution in [0, 0.1) is 5.82 Å². The van der Waals surface area contributed by atoms with Crippen LogP contribution >= 0.6 is 0 Å². The van der Waals surface area contributed by atoms with E-state index in [1.54, 1.807) is 16.7 Å². The number of carbonyl (C=O) groups excluding carboxylic acids is 1. The molecule has 2 heterocycles. The minimum atomic E-state index is -0.373. The van der Waals surface area contributed by atoms with Gasteiger partial charge >= 0.3 is 0 Å². The molecule has 2 rings (SSSR count). The number of pyridine rings is 1. The zero-order valence-electron chi connectivity index (χ0n) is 7.70. The third-order valence-corrected chi connectivity index (χ3v) is 1.99. The lowest BCUT2D eigenvalue weighted by molar-refractivity contribution is -0.116. The summed E-state index contributed by atoms with van der Waals surface area (Å²) >= 11 is 0. The van der Waals surface area contributed by atoms with Crippen molar-refractivity contribution in [3.05, 3.63) is 36.0 Å². The van der Waals surface area contributed by atoms with Crippen LogP contribution in [-0.4, -0.2) is 15.2 Å². The van der Waals surface area contributed by atoms with Crippen LogP contribution in [0.15, 0.2) is 24.5 Å². The Bertz CT molecular complexity index is 490. The Balaban J connectivity index is 2.58. The summed E-state index contributed by atoms with van der Waals surface area (Å²) in [7, 11) is 0. The van der Waals surface area contributed by atoms with E-state index in [4.69, 9.17) is 0 Å². The average molecular weight is 192 g/mol. The molecule has 0 amide bonds. The summed E-state index contributed by atoms with van der Waals surface area (Å²) < 4.78 is 14.8. The molecule has 0 N–H and O–H groups in total. The van der Waals surface area contributed by atoms with Gasteiger partial charge in [-0.3, -0.25) is 4.79 Å². The summed E-state index contributed by atoms with van der Waals surface area (Å²) in [5.74, 6) is -0.335. The van der Waals surface area contributed by atoms with Gasteiger partial charge in [0, 0.05) is 24.5 Å². The van der Waals surface area contributed by atoms with E-state index in [9.17, 15) is 9.18 Å². The zero-order valence-corrected chi connectivity index (χ0v) is 7.70. The number of Topliss-reactive ketones (excluding diaryl/α,β-unsaturated/α-hetero) is 1.